The minimum absolute atomic E-state index is 0.210. The van der Waals surface area contributed by atoms with Crippen LogP contribution in [-0.2, 0) is 4.79 Å². The molecule has 0 radical (unpaired) electrons. The van der Waals surface area contributed by atoms with Gasteiger partial charge in [0.15, 0.2) is 0 Å². The van der Waals surface area contributed by atoms with Crippen LogP contribution in [0.5, 0.6) is 0 Å². The standard InChI is InChI=1S/C8H11FO2/c1-3-7(8(10)11)5-4-6(2)9/h4-5H,3H2,1-2H3,(H,10,11)/b6-4+,7-5+. The van der Waals surface area contributed by atoms with Crippen molar-refractivity contribution in [2.45, 2.75) is 20.3 Å². The number of allylic oxidation sites excluding steroid dienone is 3. The molecule has 0 fully saturated rings. The summed E-state index contributed by atoms with van der Waals surface area (Å²) in [5.41, 5.74) is 0.210. The summed E-state index contributed by atoms with van der Waals surface area (Å²) in [7, 11) is 0. The van der Waals surface area contributed by atoms with E-state index in [2.05, 4.69) is 0 Å². The average Bonchev–Trinajstić information content (AvgIpc) is 1.87. The molecule has 0 unspecified atom stereocenters. The van der Waals surface area contributed by atoms with Gasteiger partial charge in [0.25, 0.3) is 0 Å². The predicted molar refractivity (Wildman–Crippen MR) is 40.9 cm³/mol. The zero-order valence-corrected chi connectivity index (χ0v) is 6.60. The molecule has 0 saturated carbocycles. The fraction of sp³-hybridized carbons (Fsp3) is 0.375. The second kappa shape index (κ2) is 4.66. The van der Waals surface area contributed by atoms with Gasteiger partial charge in [-0.15, -0.1) is 0 Å². The Balaban J connectivity index is 4.37. The van der Waals surface area contributed by atoms with Crippen LogP contribution < -0.4 is 0 Å². The van der Waals surface area contributed by atoms with E-state index in [0.717, 1.165) is 6.08 Å². The lowest BCUT2D eigenvalue weighted by molar-refractivity contribution is -0.132. The van der Waals surface area contributed by atoms with Crippen molar-refractivity contribution in [3.8, 4) is 0 Å². The number of hydrogen-bond donors (Lipinski definition) is 1. The zero-order valence-electron chi connectivity index (χ0n) is 6.60. The van der Waals surface area contributed by atoms with Gasteiger partial charge >= 0.3 is 5.97 Å². The highest BCUT2D eigenvalue weighted by atomic mass is 19.1. The van der Waals surface area contributed by atoms with Crippen LogP contribution in [0, 0.1) is 0 Å². The van der Waals surface area contributed by atoms with Gasteiger partial charge in [0.1, 0.15) is 0 Å². The van der Waals surface area contributed by atoms with Gasteiger partial charge in [0, 0.05) is 5.57 Å². The molecule has 0 bridgehead atoms. The number of carboxylic acids is 1. The SMILES string of the molecule is CC/C(=C\C=C(/C)F)C(=O)O. The van der Waals surface area contributed by atoms with Crippen molar-refractivity contribution in [1.29, 1.82) is 0 Å². The van der Waals surface area contributed by atoms with Gasteiger partial charge in [0.2, 0.25) is 0 Å². The summed E-state index contributed by atoms with van der Waals surface area (Å²) in [6.07, 6.45) is 2.82. The van der Waals surface area contributed by atoms with Gasteiger partial charge in [0.05, 0.1) is 5.83 Å². The lowest BCUT2D eigenvalue weighted by Gasteiger charge is -1.92. The van der Waals surface area contributed by atoms with Gasteiger partial charge in [-0.1, -0.05) is 6.92 Å². The Labute approximate surface area is 65.0 Å². The molecule has 0 saturated heterocycles. The third-order valence-corrected chi connectivity index (χ3v) is 1.17. The summed E-state index contributed by atoms with van der Waals surface area (Å²) in [4.78, 5) is 10.3. The molecule has 0 aliphatic heterocycles. The molecular weight excluding hydrogens is 147 g/mol. The third kappa shape index (κ3) is 4.31. The van der Waals surface area contributed by atoms with Crippen LogP contribution in [0.15, 0.2) is 23.6 Å². The fourth-order valence-electron chi connectivity index (χ4n) is 0.556. The van der Waals surface area contributed by atoms with Crippen molar-refractivity contribution in [3.63, 3.8) is 0 Å². The van der Waals surface area contributed by atoms with Gasteiger partial charge in [-0.3, -0.25) is 0 Å². The highest BCUT2D eigenvalue weighted by Gasteiger charge is 2.01. The Morgan fingerprint density at radius 2 is 2.09 bits per heavy atom. The molecule has 2 nitrogen and oxygen atoms in total. The summed E-state index contributed by atoms with van der Waals surface area (Å²) < 4.78 is 12.1. The minimum atomic E-state index is -0.995. The molecule has 0 aromatic carbocycles. The Hall–Kier alpha value is -1.12. The van der Waals surface area contributed by atoms with Crippen molar-refractivity contribution in [1.82, 2.24) is 0 Å². The molecular formula is C8H11FO2. The predicted octanol–water partition coefficient (Wildman–Crippen LogP) is 2.28. The van der Waals surface area contributed by atoms with Gasteiger partial charge in [-0.05, 0) is 25.5 Å². The van der Waals surface area contributed by atoms with Gasteiger partial charge in [-0.25, -0.2) is 9.18 Å². The number of halogens is 1. The second-order valence-electron chi connectivity index (χ2n) is 2.10. The van der Waals surface area contributed by atoms with Gasteiger partial charge in [-0.2, -0.15) is 0 Å². The largest absolute Gasteiger partial charge is 0.478 e. The smallest absolute Gasteiger partial charge is 0.331 e. The molecule has 0 amide bonds. The van der Waals surface area contributed by atoms with Crippen LogP contribution in [0.4, 0.5) is 4.39 Å². The fourth-order valence-corrected chi connectivity index (χ4v) is 0.556. The molecule has 0 aromatic heterocycles. The number of hydrogen-bond acceptors (Lipinski definition) is 1. The summed E-state index contributed by atoms with van der Waals surface area (Å²) >= 11 is 0. The average molecular weight is 158 g/mol. The first-order chi connectivity index (χ1) is 5.07. The molecule has 11 heavy (non-hydrogen) atoms. The summed E-state index contributed by atoms with van der Waals surface area (Å²) in [6, 6.07) is 0. The highest BCUT2D eigenvalue weighted by Crippen LogP contribution is 2.02. The summed E-state index contributed by atoms with van der Waals surface area (Å²) in [5.74, 6) is -1.39. The lowest BCUT2D eigenvalue weighted by Crippen LogP contribution is -1.98. The van der Waals surface area contributed by atoms with Gasteiger partial charge < -0.3 is 5.11 Å². The van der Waals surface area contributed by atoms with E-state index >= 15 is 0 Å². The van der Waals surface area contributed by atoms with Crippen LogP contribution in [0.2, 0.25) is 0 Å². The van der Waals surface area contributed by atoms with Crippen LogP contribution in [0.1, 0.15) is 20.3 Å². The van der Waals surface area contributed by atoms with Crippen molar-refractivity contribution < 1.29 is 14.3 Å². The maximum absolute atomic E-state index is 12.1. The van der Waals surface area contributed by atoms with Crippen LogP contribution >= 0.6 is 0 Å². The normalized spacial score (nSPS) is 13.4. The third-order valence-electron chi connectivity index (χ3n) is 1.17. The van der Waals surface area contributed by atoms with E-state index in [-0.39, 0.29) is 5.57 Å². The molecule has 62 valence electrons. The maximum Gasteiger partial charge on any atom is 0.331 e. The Morgan fingerprint density at radius 3 is 2.36 bits per heavy atom. The van der Waals surface area contributed by atoms with E-state index in [0.29, 0.717) is 6.42 Å². The Bertz CT molecular complexity index is 200. The molecule has 0 aliphatic carbocycles. The van der Waals surface area contributed by atoms with E-state index in [1.54, 1.807) is 6.92 Å². The Morgan fingerprint density at radius 1 is 1.55 bits per heavy atom. The first kappa shape index (κ1) is 9.88. The number of carboxylic acid groups (broad SMARTS) is 1. The van der Waals surface area contributed by atoms with Crippen molar-refractivity contribution in [2.75, 3.05) is 0 Å². The number of aliphatic carboxylic acids is 1. The number of rotatable bonds is 3. The van der Waals surface area contributed by atoms with Crippen molar-refractivity contribution in [2.24, 2.45) is 0 Å². The van der Waals surface area contributed by atoms with Crippen LogP contribution in [0.25, 0.3) is 0 Å². The molecule has 0 aromatic rings. The van der Waals surface area contributed by atoms with E-state index in [4.69, 9.17) is 5.11 Å². The molecule has 0 aliphatic rings. The lowest BCUT2D eigenvalue weighted by atomic mass is 10.2. The molecule has 3 heteroatoms. The quantitative estimate of drug-likeness (QED) is 0.505. The van der Waals surface area contributed by atoms with E-state index in [1.165, 1.54) is 13.0 Å². The topological polar surface area (TPSA) is 37.3 Å². The van der Waals surface area contributed by atoms with Crippen LogP contribution in [0.3, 0.4) is 0 Å². The molecule has 0 rings (SSSR count). The maximum atomic E-state index is 12.1. The summed E-state index contributed by atoms with van der Waals surface area (Å²) in [5, 5.41) is 8.47. The first-order valence-electron chi connectivity index (χ1n) is 3.34. The van der Waals surface area contributed by atoms with E-state index in [1.807, 2.05) is 0 Å². The molecule has 1 N–H and O–H groups in total. The zero-order chi connectivity index (χ0) is 8.85. The number of carbonyl (C=O) groups is 1. The molecule has 0 heterocycles. The first-order valence-corrected chi connectivity index (χ1v) is 3.34. The Kier molecular flexibility index (Phi) is 4.18. The minimum Gasteiger partial charge on any atom is -0.478 e. The van der Waals surface area contributed by atoms with E-state index in [9.17, 15) is 9.18 Å². The van der Waals surface area contributed by atoms with E-state index < -0.39 is 11.8 Å². The van der Waals surface area contributed by atoms with Crippen LogP contribution in [-0.4, -0.2) is 11.1 Å². The molecule has 0 atom stereocenters. The van der Waals surface area contributed by atoms with Crippen molar-refractivity contribution >= 4 is 5.97 Å². The van der Waals surface area contributed by atoms with Crippen molar-refractivity contribution in [3.05, 3.63) is 23.6 Å². The second-order valence-corrected chi connectivity index (χ2v) is 2.10. The highest BCUT2D eigenvalue weighted by molar-refractivity contribution is 5.86. The monoisotopic (exact) mass is 158 g/mol. The summed E-state index contributed by atoms with van der Waals surface area (Å²) in [6.45, 7) is 2.98. The molecule has 0 spiro atoms.